The van der Waals surface area contributed by atoms with E-state index in [1.165, 1.54) is 11.8 Å². The highest BCUT2D eigenvalue weighted by atomic mass is 32.2. The third kappa shape index (κ3) is 2.66. The minimum atomic E-state index is -0.786. The number of fused-ring (bicyclic) bond motifs is 1. The second-order valence-electron chi connectivity index (χ2n) is 4.49. The van der Waals surface area contributed by atoms with Gasteiger partial charge in [0.25, 0.3) is 0 Å². The minimum Gasteiger partial charge on any atom is -0.481 e. The molecule has 1 heterocycles. The third-order valence-electron chi connectivity index (χ3n) is 2.52. The molecule has 0 aromatic heterocycles. The Morgan fingerprint density at radius 3 is 2.82 bits per heavy atom. The van der Waals surface area contributed by atoms with Gasteiger partial charge in [-0.25, -0.2) is 0 Å². The summed E-state index contributed by atoms with van der Waals surface area (Å²) < 4.78 is 10.5. The zero-order chi connectivity index (χ0) is 12.5. The lowest BCUT2D eigenvalue weighted by molar-refractivity contribution is -0.145. The highest BCUT2D eigenvalue weighted by Crippen LogP contribution is 2.37. The van der Waals surface area contributed by atoms with E-state index >= 15 is 0 Å². The van der Waals surface area contributed by atoms with Gasteiger partial charge in [0.15, 0.2) is 11.5 Å². The molecule has 0 saturated carbocycles. The van der Waals surface area contributed by atoms with Gasteiger partial charge in [0.1, 0.15) is 0 Å². The number of rotatable bonds is 4. The van der Waals surface area contributed by atoms with E-state index in [1.807, 2.05) is 18.2 Å². The number of carbonyl (C=O) groups is 1. The first kappa shape index (κ1) is 12.1. The molecule has 1 aromatic carbocycles. The summed E-state index contributed by atoms with van der Waals surface area (Å²) >= 11 is 1.51. The fourth-order valence-electron chi connectivity index (χ4n) is 1.29. The van der Waals surface area contributed by atoms with Crippen molar-refractivity contribution in [1.82, 2.24) is 0 Å². The van der Waals surface area contributed by atoms with Gasteiger partial charge in [-0.05, 0) is 32.0 Å². The summed E-state index contributed by atoms with van der Waals surface area (Å²) in [4.78, 5) is 12.0. The smallest absolute Gasteiger partial charge is 0.309 e. The average molecular weight is 254 g/mol. The number of ether oxygens (including phenoxy) is 2. The highest BCUT2D eigenvalue weighted by Gasteiger charge is 2.27. The Hall–Kier alpha value is -1.36. The Morgan fingerprint density at radius 2 is 2.12 bits per heavy atom. The third-order valence-corrected chi connectivity index (χ3v) is 3.98. The van der Waals surface area contributed by atoms with Gasteiger partial charge in [0, 0.05) is 10.6 Å². The van der Waals surface area contributed by atoms with Gasteiger partial charge in [-0.1, -0.05) is 0 Å². The molecule has 0 bridgehead atoms. The van der Waals surface area contributed by atoms with E-state index in [2.05, 4.69) is 0 Å². The molecule has 1 aliphatic rings. The monoisotopic (exact) mass is 254 g/mol. The lowest BCUT2D eigenvalue weighted by Gasteiger charge is -2.18. The van der Waals surface area contributed by atoms with Crippen LogP contribution in [0.1, 0.15) is 13.8 Å². The van der Waals surface area contributed by atoms with Crippen molar-refractivity contribution in [3.63, 3.8) is 0 Å². The SMILES string of the molecule is CC(C)(CSc1ccc2c(c1)OCO2)C(=O)O. The minimum absolute atomic E-state index is 0.254. The molecular weight excluding hydrogens is 240 g/mol. The van der Waals surface area contributed by atoms with E-state index in [0.29, 0.717) is 5.75 Å². The van der Waals surface area contributed by atoms with E-state index < -0.39 is 11.4 Å². The van der Waals surface area contributed by atoms with Gasteiger partial charge in [-0.3, -0.25) is 4.79 Å². The molecule has 1 aromatic rings. The zero-order valence-corrected chi connectivity index (χ0v) is 10.5. The van der Waals surface area contributed by atoms with Crippen LogP contribution in [0.5, 0.6) is 11.5 Å². The Kier molecular flexibility index (Phi) is 3.19. The molecule has 0 amide bonds. The largest absolute Gasteiger partial charge is 0.481 e. The van der Waals surface area contributed by atoms with Gasteiger partial charge in [-0.2, -0.15) is 0 Å². The Balaban J connectivity index is 2.03. The highest BCUT2D eigenvalue weighted by molar-refractivity contribution is 7.99. The van der Waals surface area contributed by atoms with Crippen molar-refractivity contribution >= 4 is 17.7 Å². The Morgan fingerprint density at radius 1 is 1.41 bits per heavy atom. The summed E-state index contributed by atoms with van der Waals surface area (Å²) in [5.41, 5.74) is -0.735. The van der Waals surface area contributed by atoms with Crippen LogP contribution in [0.2, 0.25) is 0 Å². The molecule has 0 saturated heterocycles. The Bertz CT molecular complexity index is 442. The fraction of sp³-hybridized carbons (Fsp3) is 0.417. The van der Waals surface area contributed by atoms with Crippen molar-refractivity contribution < 1.29 is 19.4 Å². The van der Waals surface area contributed by atoms with Crippen LogP contribution in [-0.2, 0) is 4.79 Å². The summed E-state index contributed by atoms with van der Waals surface area (Å²) in [6.07, 6.45) is 0. The molecule has 0 radical (unpaired) electrons. The maximum Gasteiger partial charge on any atom is 0.309 e. The maximum absolute atomic E-state index is 11.0. The topological polar surface area (TPSA) is 55.8 Å². The van der Waals surface area contributed by atoms with Crippen molar-refractivity contribution in [3.05, 3.63) is 18.2 Å². The second-order valence-corrected chi connectivity index (χ2v) is 5.54. The van der Waals surface area contributed by atoms with Gasteiger partial charge in [-0.15, -0.1) is 11.8 Å². The molecule has 5 heteroatoms. The predicted molar refractivity (Wildman–Crippen MR) is 64.7 cm³/mol. The molecule has 1 N–H and O–H groups in total. The molecule has 4 nitrogen and oxygen atoms in total. The standard InChI is InChI=1S/C12H14O4S/c1-12(2,11(13)14)6-17-8-3-4-9-10(5-8)16-7-15-9/h3-5H,6-7H2,1-2H3,(H,13,14). The first-order valence-electron chi connectivity index (χ1n) is 5.25. The molecule has 1 aliphatic heterocycles. The van der Waals surface area contributed by atoms with Crippen LogP contribution >= 0.6 is 11.8 Å². The van der Waals surface area contributed by atoms with E-state index in [-0.39, 0.29) is 6.79 Å². The molecule has 0 spiro atoms. The average Bonchev–Trinajstić information content (AvgIpc) is 2.73. The van der Waals surface area contributed by atoms with Crippen LogP contribution in [0.25, 0.3) is 0 Å². The molecule has 0 aliphatic carbocycles. The summed E-state index contributed by atoms with van der Waals surface area (Å²) in [5.74, 6) is 1.20. The maximum atomic E-state index is 11.0. The van der Waals surface area contributed by atoms with Crippen LogP contribution in [0, 0.1) is 5.41 Å². The van der Waals surface area contributed by atoms with E-state index in [1.54, 1.807) is 13.8 Å². The van der Waals surface area contributed by atoms with Crippen molar-refractivity contribution in [2.24, 2.45) is 5.41 Å². The van der Waals surface area contributed by atoms with Gasteiger partial charge in [0.05, 0.1) is 5.41 Å². The number of aliphatic carboxylic acids is 1. The van der Waals surface area contributed by atoms with E-state index in [0.717, 1.165) is 16.4 Å². The molecule has 0 fully saturated rings. The number of carboxylic acids is 1. The van der Waals surface area contributed by atoms with Gasteiger partial charge in [0.2, 0.25) is 6.79 Å². The lowest BCUT2D eigenvalue weighted by atomic mass is 9.97. The molecule has 0 unspecified atom stereocenters. The first-order chi connectivity index (χ1) is 7.99. The number of thioether (sulfide) groups is 1. The number of hydrogen-bond acceptors (Lipinski definition) is 4. The number of benzene rings is 1. The predicted octanol–water partition coefficient (Wildman–Crippen LogP) is 2.62. The lowest BCUT2D eigenvalue weighted by Crippen LogP contribution is -2.26. The molecule has 0 atom stereocenters. The molecular formula is C12H14O4S. The summed E-state index contributed by atoms with van der Waals surface area (Å²) in [7, 11) is 0. The first-order valence-corrected chi connectivity index (χ1v) is 6.23. The van der Waals surface area contributed by atoms with Crippen molar-refractivity contribution in [3.8, 4) is 11.5 Å². The van der Waals surface area contributed by atoms with Crippen LogP contribution in [-0.4, -0.2) is 23.6 Å². The second kappa shape index (κ2) is 4.49. The zero-order valence-electron chi connectivity index (χ0n) is 9.73. The molecule has 92 valence electrons. The normalized spacial score (nSPS) is 13.8. The van der Waals surface area contributed by atoms with E-state index in [4.69, 9.17) is 14.6 Å². The summed E-state index contributed by atoms with van der Waals surface area (Å²) in [5, 5.41) is 9.02. The van der Waals surface area contributed by atoms with Crippen molar-refractivity contribution in [2.75, 3.05) is 12.5 Å². The van der Waals surface area contributed by atoms with E-state index in [9.17, 15) is 4.79 Å². The molecule has 17 heavy (non-hydrogen) atoms. The van der Waals surface area contributed by atoms with Crippen LogP contribution in [0.3, 0.4) is 0 Å². The summed E-state index contributed by atoms with van der Waals surface area (Å²) in [6, 6.07) is 5.64. The summed E-state index contributed by atoms with van der Waals surface area (Å²) in [6.45, 7) is 3.69. The van der Waals surface area contributed by atoms with Crippen molar-refractivity contribution in [1.29, 1.82) is 0 Å². The fourth-order valence-corrected chi connectivity index (χ4v) is 2.30. The van der Waals surface area contributed by atoms with Crippen LogP contribution < -0.4 is 9.47 Å². The van der Waals surface area contributed by atoms with Gasteiger partial charge < -0.3 is 14.6 Å². The Labute approximate surface area is 104 Å². The van der Waals surface area contributed by atoms with Crippen LogP contribution in [0.4, 0.5) is 0 Å². The number of hydrogen-bond donors (Lipinski definition) is 1. The number of carboxylic acid groups (broad SMARTS) is 1. The quantitative estimate of drug-likeness (QED) is 0.837. The van der Waals surface area contributed by atoms with Gasteiger partial charge >= 0.3 is 5.97 Å². The van der Waals surface area contributed by atoms with Crippen molar-refractivity contribution in [2.45, 2.75) is 18.7 Å². The molecule has 2 rings (SSSR count). The van der Waals surface area contributed by atoms with Crippen LogP contribution in [0.15, 0.2) is 23.1 Å².